The molecule has 0 aromatic carbocycles. The van der Waals surface area contributed by atoms with Gasteiger partial charge in [-0.25, -0.2) is 0 Å². The molecule has 172 valence electrons. The molecule has 0 radical (unpaired) electrons. The molecule has 0 saturated carbocycles. The van der Waals surface area contributed by atoms with E-state index in [4.69, 9.17) is 0 Å². The topological polar surface area (TPSA) is 36.1 Å². The van der Waals surface area contributed by atoms with Gasteiger partial charge in [-0.2, -0.15) is 0 Å². The molecule has 0 aliphatic rings. The van der Waals surface area contributed by atoms with Crippen LogP contribution in [0, 0.1) is 40.8 Å². The number of nitrogens with one attached hydrogen (secondary N) is 3. The summed E-state index contributed by atoms with van der Waals surface area (Å²) in [5.41, 5.74) is 0. The van der Waals surface area contributed by atoms with Gasteiger partial charge in [0.25, 0.3) is 0 Å². The predicted molar refractivity (Wildman–Crippen MR) is 149 cm³/mol. The Morgan fingerprint density at radius 1 is 0.250 bits per heavy atom. The number of rotatable bonds is 6. The van der Waals surface area contributed by atoms with Gasteiger partial charge in [-0.3, -0.25) is 0 Å². The van der Waals surface area contributed by atoms with Gasteiger partial charge in [0.15, 0.2) is 0 Å². The van der Waals surface area contributed by atoms with Gasteiger partial charge in [0.1, 0.15) is 49.4 Å². The summed E-state index contributed by atoms with van der Waals surface area (Å²) in [7, 11) is -5.89. The van der Waals surface area contributed by atoms with E-state index in [1.165, 1.54) is 0 Å². The normalized spacial score (nSPS) is 13.5. The van der Waals surface area contributed by atoms with Gasteiger partial charge < -0.3 is 13.9 Å². The van der Waals surface area contributed by atoms with Gasteiger partial charge in [0, 0.05) is 40.8 Å². The van der Waals surface area contributed by atoms with Gasteiger partial charge in [-0.1, -0.05) is 118 Å². The van der Waals surface area contributed by atoms with Crippen LogP contribution in [0.4, 0.5) is 0 Å². The van der Waals surface area contributed by atoms with Gasteiger partial charge in [0.2, 0.25) is 0 Å². The Morgan fingerprint density at radius 3 is 0.321 bits per heavy atom. The molecule has 0 rings (SSSR count). The van der Waals surface area contributed by atoms with Crippen LogP contribution >= 0.6 is 0 Å². The Bertz CT molecular complexity index is 297. The zero-order valence-electron chi connectivity index (χ0n) is 23.0. The Hall–Kier alpha value is 2.53. The molecular weight excluding hydrogens is 571 g/mol. The smallest absolute Gasteiger partial charge is 0.109 e. The van der Waals surface area contributed by atoms with Crippen molar-refractivity contribution < 1.29 is 40.8 Å². The Kier molecular flexibility index (Phi) is 18.8. The number of hydrogen-bond donors (Lipinski definition) is 3. The molecule has 0 unspecified atom stereocenters. The average Bonchev–Trinajstić information content (AvgIpc) is 1.96. The molecule has 0 aromatic heterocycles. The maximum absolute atomic E-state index is 3.74. The van der Waals surface area contributed by atoms with Crippen molar-refractivity contribution in [1.82, 2.24) is 13.9 Å². The maximum atomic E-state index is 3.74. The Morgan fingerprint density at radius 2 is 0.321 bits per heavy atom. The van der Waals surface area contributed by atoms with Crippen LogP contribution in [0.25, 0.3) is 0 Å². The largest absolute Gasteiger partial charge is 0.360 e. The predicted octanol–water partition coefficient (Wildman–Crippen LogP) is 6.74. The van der Waals surface area contributed by atoms with E-state index >= 15 is 0 Å². The molecule has 0 amide bonds. The zero-order valence-corrected chi connectivity index (χ0v) is 32.2. The molecule has 0 aromatic rings. The monoisotopic (exact) mass is 625 g/mol. The third kappa shape index (κ3) is 51.3. The van der Waals surface area contributed by atoms with Crippen LogP contribution in [0.1, 0.15) is 0 Å². The van der Waals surface area contributed by atoms with Crippen molar-refractivity contribution in [2.24, 2.45) is 0 Å². The molecule has 0 aliphatic heterocycles. The quantitative estimate of drug-likeness (QED) is 0.286. The Balaban J connectivity index is -0.000000152. The standard InChI is InChI=1S/3C6H19NSi2.Nd/c3*1-8(2,3)7-9(4,5)6;/h3*7H,1-6H3;. The van der Waals surface area contributed by atoms with Crippen LogP contribution in [0.15, 0.2) is 0 Å². The van der Waals surface area contributed by atoms with Gasteiger partial charge in [0.05, 0.1) is 0 Å². The average molecular weight is 628 g/mol. The van der Waals surface area contributed by atoms with Gasteiger partial charge >= 0.3 is 0 Å². The van der Waals surface area contributed by atoms with E-state index < -0.39 is 49.4 Å². The molecule has 3 N–H and O–H groups in total. The van der Waals surface area contributed by atoms with Crippen molar-refractivity contribution in [3.05, 3.63) is 0 Å². The molecule has 28 heavy (non-hydrogen) atoms. The molecule has 0 spiro atoms. The third-order valence-electron chi connectivity index (χ3n) is 2.25. The van der Waals surface area contributed by atoms with Crippen molar-refractivity contribution in [3.63, 3.8) is 0 Å². The molecule has 0 saturated heterocycles. The van der Waals surface area contributed by atoms with E-state index in [-0.39, 0.29) is 40.8 Å². The summed E-state index contributed by atoms with van der Waals surface area (Å²) in [5.74, 6) is 0. The molecular formula is C18H57N3NdSi6. The van der Waals surface area contributed by atoms with Crippen molar-refractivity contribution in [3.8, 4) is 0 Å². The minimum atomic E-state index is -0.981. The first-order chi connectivity index (χ1) is 11.1. The van der Waals surface area contributed by atoms with E-state index in [9.17, 15) is 0 Å². The molecule has 0 heterocycles. The summed E-state index contributed by atoms with van der Waals surface area (Å²) in [4.78, 5) is 0. The fraction of sp³-hybridized carbons (Fsp3) is 1.00. The number of hydrogen-bond acceptors (Lipinski definition) is 3. The van der Waals surface area contributed by atoms with Gasteiger partial charge in [-0.15, -0.1) is 0 Å². The van der Waals surface area contributed by atoms with Gasteiger partial charge in [-0.05, 0) is 0 Å². The van der Waals surface area contributed by atoms with E-state index in [0.717, 1.165) is 0 Å². The molecule has 0 bridgehead atoms. The summed E-state index contributed by atoms with van der Waals surface area (Å²) in [6.45, 7) is 42.3. The van der Waals surface area contributed by atoms with E-state index in [0.29, 0.717) is 0 Å². The minimum absolute atomic E-state index is 0. The van der Waals surface area contributed by atoms with Crippen LogP contribution in [0.3, 0.4) is 0 Å². The maximum Gasteiger partial charge on any atom is 0.109 e. The van der Waals surface area contributed by atoms with E-state index in [2.05, 4.69) is 132 Å². The van der Waals surface area contributed by atoms with Crippen LogP contribution in [-0.2, 0) is 0 Å². The first-order valence-electron chi connectivity index (χ1n) is 10.5. The summed E-state index contributed by atoms with van der Waals surface area (Å²) < 4.78 is 11.2. The van der Waals surface area contributed by atoms with Crippen LogP contribution < -0.4 is 13.9 Å². The van der Waals surface area contributed by atoms with Crippen molar-refractivity contribution in [2.45, 2.75) is 118 Å². The molecule has 3 nitrogen and oxygen atoms in total. The first-order valence-corrected chi connectivity index (χ1v) is 31.5. The fourth-order valence-corrected chi connectivity index (χ4v) is 30.4. The molecule has 0 fully saturated rings. The van der Waals surface area contributed by atoms with Crippen molar-refractivity contribution in [1.29, 1.82) is 0 Å². The Labute approximate surface area is 219 Å². The second-order valence-corrected chi connectivity index (χ2v) is 43.9. The second kappa shape index (κ2) is 13.9. The van der Waals surface area contributed by atoms with Crippen molar-refractivity contribution in [2.75, 3.05) is 0 Å². The SMILES string of the molecule is C[Si](C)(C)N[Si](C)(C)C.C[Si](C)(C)N[Si](C)(C)C.C[Si](C)(C)N[Si](C)(C)C.[Nd]. The molecule has 10 heteroatoms. The molecule has 0 atom stereocenters. The molecule has 0 aliphatic carbocycles. The minimum Gasteiger partial charge on any atom is -0.360 e. The van der Waals surface area contributed by atoms with Crippen LogP contribution in [0.5, 0.6) is 0 Å². The third-order valence-corrected chi connectivity index (χ3v) is 20.2. The van der Waals surface area contributed by atoms with E-state index in [1.54, 1.807) is 0 Å². The summed E-state index contributed by atoms with van der Waals surface area (Å²) >= 11 is 0. The second-order valence-electron chi connectivity index (χ2n) is 13.9. The zero-order chi connectivity index (χ0) is 23.1. The van der Waals surface area contributed by atoms with Crippen LogP contribution in [0.2, 0.25) is 118 Å². The van der Waals surface area contributed by atoms with E-state index in [1.807, 2.05) is 0 Å². The van der Waals surface area contributed by atoms with Crippen LogP contribution in [-0.4, -0.2) is 49.4 Å². The van der Waals surface area contributed by atoms with Crippen molar-refractivity contribution >= 4 is 49.4 Å². The first kappa shape index (κ1) is 37.8. The summed E-state index contributed by atoms with van der Waals surface area (Å²) in [5, 5.41) is 0. The summed E-state index contributed by atoms with van der Waals surface area (Å²) in [6.07, 6.45) is 0. The fourth-order valence-electron chi connectivity index (χ4n) is 3.38. The summed E-state index contributed by atoms with van der Waals surface area (Å²) in [6, 6.07) is 0.